The third kappa shape index (κ3) is 3.98. The summed E-state index contributed by atoms with van der Waals surface area (Å²) in [6.07, 6.45) is -1.28. The molecule has 0 aliphatic rings. The van der Waals surface area contributed by atoms with Crippen molar-refractivity contribution in [3.8, 4) is 0 Å². The number of hydrogen-bond acceptors (Lipinski definition) is 3. The van der Waals surface area contributed by atoms with Gasteiger partial charge in [-0.3, -0.25) is 4.79 Å². The molecule has 0 saturated heterocycles. The smallest absolute Gasteiger partial charge is 0.422 e. The lowest BCUT2D eigenvalue weighted by Crippen LogP contribution is -2.44. The van der Waals surface area contributed by atoms with E-state index in [9.17, 15) is 9.59 Å². The number of hydrogen-bond donors (Lipinski definition) is 1. The van der Waals surface area contributed by atoms with Gasteiger partial charge in [-0.15, -0.1) is 0 Å². The van der Waals surface area contributed by atoms with Crippen LogP contribution >= 0.6 is 11.8 Å². The maximum atomic E-state index is 10.5. The van der Waals surface area contributed by atoms with Gasteiger partial charge < -0.3 is 9.84 Å². The first-order valence-electron chi connectivity index (χ1n) is 3.59. The highest BCUT2D eigenvalue weighted by Crippen LogP contribution is 2.17. The molecule has 0 atom stereocenters. The van der Waals surface area contributed by atoms with E-state index in [1.54, 1.807) is 13.8 Å². The largest absolute Gasteiger partial charge is 0.464 e. The predicted molar refractivity (Wildman–Crippen MR) is 46.4 cm³/mol. The molecule has 0 aliphatic heterocycles. The van der Waals surface area contributed by atoms with Crippen molar-refractivity contribution >= 4 is 23.8 Å². The number of esters is 1. The van der Waals surface area contributed by atoms with Gasteiger partial charge in [0.2, 0.25) is 0 Å². The lowest BCUT2D eigenvalue weighted by atomic mass is 10.1. The Morgan fingerprint density at radius 1 is 1.54 bits per heavy atom. The normalized spacial score (nSPS) is 10.8. The average molecular weight is 210 g/mol. The van der Waals surface area contributed by atoms with E-state index < -0.39 is 17.6 Å². The monoisotopic (exact) mass is 209 g/mol. The molecule has 1 N–H and O–H groups in total. The van der Waals surface area contributed by atoms with Crippen LogP contribution < -0.4 is 0 Å². The lowest BCUT2D eigenvalue weighted by Gasteiger charge is -2.29. The second-order valence-electron chi connectivity index (χ2n) is 3.16. The van der Waals surface area contributed by atoms with Crippen molar-refractivity contribution in [1.29, 1.82) is 0 Å². The third-order valence-corrected chi connectivity index (χ3v) is 1.93. The van der Waals surface area contributed by atoms with Gasteiger partial charge in [0, 0.05) is 18.7 Å². The van der Waals surface area contributed by atoms with Gasteiger partial charge in [-0.25, -0.2) is 9.21 Å². The first-order chi connectivity index (χ1) is 5.77. The Morgan fingerprint density at radius 3 is 2.31 bits per heavy atom. The summed E-state index contributed by atoms with van der Waals surface area (Å²) in [5.41, 5.74) is -0.931. The molecule has 0 fully saturated rings. The van der Waals surface area contributed by atoms with Crippen LogP contribution in [0.5, 0.6) is 0 Å². The van der Waals surface area contributed by atoms with Crippen molar-refractivity contribution in [2.24, 2.45) is 0 Å². The fourth-order valence-corrected chi connectivity index (χ4v) is 0.643. The summed E-state index contributed by atoms with van der Waals surface area (Å²) in [6.45, 7) is 4.28. The summed E-state index contributed by atoms with van der Waals surface area (Å²) in [5, 5.41) is 8.54. The van der Waals surface area contributed by atoms with Crippen LogP contribution in [0.2, 0.25) is 0 Å². The molecule has 0 aliphatic carbocycles. The highest BCUT2D eigenvalue weighted by Gasteiger charge is 2.31. The average Bonchev–Trinajstić information content (AvgIpc) is 1.99. The van der Waals surface area contributed by atoms with Gasteiger partial charge in [-0.1, -0.05) is 0 Å². The number of nitrogens with zero attached hydrogens (tertiary/aromatic N) is 1. The summed E-state index contributed by atoms with van der Waals surface area (Å²) >= 11 is 5.43. The second-order valence-corrected chi connectivity index (χ2v) is 3.49. The van der Waals surface area contributed by atoms with Gasteiger partial charge >= 0.3 is 12.1 Å². The van der Waals surface area contributed by atoms with Crippen molar-refractivity contribution in [1.82, 2.24) is 4.42 Å². The molecule has 13 heavy (non-hydrogen) atoms. The van der Waals surface area contributed by atoms with Gasteiger partial charge in [-0.2, -0.15) is 0 Å². The van der Waals surface area contributed by atoms with Crippen LogP contribution in [0.15, 0.2) is 0 Å². The minimum Gasteiger partial charge on any atom is -0.464 e. The van der Waals surface area contributed by atoms with E-state index in [4.69, 9.17) is 16.9 Å². The molecular weight excluding hydrogens is 198 g/mol. The number of carbonyl (C=O) groups is 2. The molecule has 0 aromatic heterocycles. The van der Waals surface area contributed by atoms with E-state index in [0.29, 0.717) is 4.42 Å². The summed E-state index contributed by atoms with van der Waals surface area (Å²) in [7, 11) is 0. The molecule has 76 valence electrons. The lowest BCUT2D eigenvalue weighted by molar-refractivity contribution is -0.143. The molecule has 0 rings (SSSR count). The zero-order chi connectivity index (χ0) is 10.6. The van der Waals surface area contributed by atoms with Crippen LogP contribution in [0.4, 0.5) is 4.79 Å². The molecule has 0 aromatic carbocycles. The molecule has 0 spiro atoms. The Labute approximate surface area is 81.3 Å². The fourth-order valence-electron chi connectivity index (χ4n) is 0.594. The van der Waals surface area contributed by atoms with E-state index >= 15 is 0 Å². The molecule has 6 heteroatoms. The number of rotatable bonds is 3. The SMILES string of the molecule is CC(=O)OCC(C)(C)N(Cl)C(=O)O. The van der Waals surface area contributed by atoms with Crippen molar-refractivity contribution in [2.45, 2.75) is 26.3 Å². The van der Waals surface area contributed by atoms with E-state index in [0.717, 1.165) is 0 Å². The zero-order valence-corrected chi connectivity index (χ0v) is 8.46. The maximum Gasteiger partial charge on any atom is 0.422 e. The number of carboxylic acid groups (broad SMARTS) is 1. The van der Waals surface area contributed by atoms with Gasteiger partial charge in [0.15, 0.2) is 0 Å². The first-order valence-corrected chi connectivity index (χ1v) is 3.93. The van der Waals surface area contributed by atoms with E-state index in [-0.39, 0.29) is 6.61 Å². The predicted octanol–water partition coefficient (Wildman–Crippen LogP) is 1.46. The molecule has 0 radical (unpaired) electrons. The molecular formula is C7H12ClNO4. The van der Waals surface area contributed by atoms with Gasteiger partial charge in [0.25, 0.3) is 0 Å². The van der Waals surface area contributed by atoms with Crippen molar-refractivity contribution < 1.29 is 19.4 Å². The summed E-state index contributed by atoms with van der Waals surface area (Å²) in [4.78, 5) is 20.9. The van der Waals surface area contributed by atoms with Crippen LogP contribution in [-0.4, -0.2) is 33.7 Å². The molecule has 1 amide bonds. The topological polar surface area (TPSA) is 66.8 Å². The fraction of sp³-hybridized carbons (Fsp3) is 0.714. The standard InChI is InChI=1S/C7H12ClNO4/c1-5(10)13-4-7(2,3)9(8)6(11)12/h4H2,1-3H3,(H,11,12). The van der Waals surface area contributed by atoms with E-state index in [1.807, 2.05) is 0 Å². The van der Waals surface area contributed by atoms with Crippen molar-refractivity contribution in [3.05, 3.63) is 0 Å². The Hall–Kier alpha value is -0.970. The third-order valence-electron chi connectivity index (χ3n) is 1.33. The Balaban J connectivity index is 4.21. The molecule has 0 aromatic rings. The number of halogens is 1. The maximum absolute atomic E-state index is 10.5. The van der Waals surface area contributed by atoms with Crippen LogP contribution in [0.1, 0.15) is 20.8 Å². The van der Waals surface area contributed by atoms with E-state index in [1.165, 1.54) is 6.92 Å². The Morgan fingerprint density at radius 2 is 2.00 bits per heavy atom. The van der Waals surface area contributed by atoms with Crippen LogP contribution in [0, 0.1) is 0 Å². The quantitative estimate of drug-likeness (QED) is 0.565. The highest BCUT2D eigenvalue weighted by molar-refractivity contribution is 6.20. The number of carbonyl (C=O) groups excluding carboxylic acids is 1. The molecule has 5 nitrogen and oxygen atoms in total. The van der Waals surface area contributed by atoms with E-state index in [2.05, 4.69) is 4.74 Å². The molecule has 0 unspecified atom stereocenters. The first kappa shape index (κ1) is 12.0. The Bertz CT molecular complexity index is 217. The highest BCUT2D eigenvalue weighted by atomic mass is 35.5. The zero-order valence-electron chi connectivity index (χ0n) is 7.70. The van der Waals surface area contributed by atoms with Gasteiger partial charge in [-0.05, 0) is 13.8 Å². The van der Waals surface area contributed by atoms with Crippen molar-refractivity contribution in [3.63, 3.8) is 0 Å². The summed E-state index contributed by atoms with van der Waals surface area (Å²) in [6, 6.07) is 0. The minimum atomic E-state index is -1.28. The summed E-state index contributed by atoms with van der Waals surface area (Å²) in [5.74, 6) is -0.469. The number of amides is 1. The second kappa shape index (κ2) is 4.32. The van der Waals surface area contributed by atoms with Gasteiger partial charge in [0.05, 0.1) is 5.54 Å². The molecule has 0 bridgehead atoms. The summed E-state index contributed by atoms with van der Waals surface area (Å²) < 4.78 is 5.23. The molecule has 0 heterocycles. The van der Waals surface area contributed by atoms with Crippen molar-refractivity contribution in [2.75, 3.05) is 6.61 Å². The molecule has 0 saturated carbocycles. The van der Waals surface area contributed by atoms with Gasteiger partial charge in [0.1, 0.15) is 6.61 Å². The van der Waals surface area contributed by atoms with Crippen LogP contribution in [0.25, 0.3) is 0 Å². The Kier molecular flexibility index (Phi) is 4.00. The van der Waals surface area contributed by atoms with Crippen LogP contribution in [-0.2, 0) is 9.53 Å². The number of ether oxygens (including phenoxy) is 1. The minimum absolute atomic E-state index is 0.0713. The van der Waals surface area contributed by atoms with Crippen LogP contribution in [0.3, 0.4) is 0 Å².